The summed E-state index contributed by atoms with van der Waals surface area (Å²) in [5.74, 6) is 0.691. The first-order chi connectivity index (χ1) is 8.17. The van der Waals surface area contributed by atoms with Crippen LogP contribution in [0.1, 0.15) is 41.6 Å². The Bertz CT molecular complexity index is 396. The summed E-state index contributed by atoms with van der Waals surface area (Å²) in [5, 5.41) is 6.95. The highest BCUT2D eigenvalue weighted by Crippen LogP contribution is 2.38. The first kappa shape index (κ1) is 12.9. The molecule has 2 rings (SSSR count). The zero-order chi connectivity index (χ0) is 12.3. The van der Waals surface area contributed by atoms with Crippen molar-refractivity contribution in [1.82, 2.24) is 5.32 Å². The van der Waals surface area contributed by atoms with E-state index in [0.29, 0.717) is 12.4 Å². The second-order valence-electron chi connectivity index (χ2n) is 4.99. The van der Waals surface area contributed by atoms with Crippen LogP contribution in [0.4, 0.5) is 0 Å². The summed E-state index contributed by atoms with van der Waals surface area (Å²) in [5.41, 5.74) is 2.00. The van der Waals surface area contributed by atoms with E-state index in [0.717, 1.165) is 24.0 Å². The van der Waals surface area contributed by atoms with Gasteiger partial charge >= 0.3 is 0 Å². The summed E-state index contributed by atoms with van der Waals surface area (Å²) in [7, 11) is 0. The highest BCUT2D eigenvalue weighted by Gasteiger charge is 2.33. The molecular weight excluding hydrogens is 254 g/mol. The second-order valence-corrected chi connectivity index (χ2v) is 6.00. The minimum absolute atomic E-state index is 0.0418. The number of thiophene rings is 1. The average molecular weight is 272 g/mol. The van der Waals surface area contributed by atoms with Crippen molar-refractivity contribution in [2.75, 3.05) is 12.4 Å². The molecule has 0 bridgehead atoms. The van der Waals surface area contributed by atoms with Gasteiger partial charge in [0, 0.05) is 23.2 Å². The standard InChI is InChI=1S/C13H18ClNOS/c1-10-6-17-7-11(10)12(16)15-9-13(8-14)4-2-3-5-13/h6-7H,2-5,8-9H2,1H3,(H,15,16). The molecular formula is C13H18ClNOS. The van der Waals surface area contributed by atoms with Crippen LogP contribution in [0, 0.1) is 12.3 Å². The SMILES string of the molecule is Cc1cscc1C(=O)NCC1(CCl)CCCC1. The number of nitrogens with one attached hydrogen (secondary N) is 1. The van der Waals surface area contributed by atoms with Crippen molar-refractivity contribution in [2.24, 2.45) is 5.41 Å². The van der Waals surface area contributed by atoms with Gasteiger partial charge in [-0.25, -0.2) is 0 Å². The fourth-order valence-corrected chi connectivity index (χ4v) is 3.63. The fraction of sp³-hybridized carbons (Fsp3) is 0.615. The van der Waals surface area contributed by atoms with Gasteiger partial charge in [0.05, 0.1) is 5.56 Å². The molecule has 1 aliphatic carbocycles. The average Bonchev–Trinajstić information content (AvgIpc) is 2.95. The normalized spacial score (nSPS) is 18.2. The summed E-state index contributed by atoms with van der Waals surface area (Å²) < 4.78 is 0. The zero-order valence-corrected chi connectivity index (χ0v) is 11.7. The maximum atomic E-state index is 12.0. The number of carbonyl (C=O) groups excluding carboxylic acids is 1. The summed E-state index contributed by atoms with van der Waals surface area (Å²) >= 11 is 7.63. The first-order valence-electron chi connectivity index (χ1n) is 6.04. The maximum Gasteiger partial charge on any atom is 0.252 e. The Hall–Kier alpha value is -0.540. The maximum absolute atomic E-state index is 12.0. The third-order valence-electron chi connectivity index (χ3n) is 3.67. The summed E-state index contributed by atoms with van der Waals surface area (Å²) in [6.07, 6.45) is 4.75. The van der Waals surface area contributed by atoms with Crippen molar-refractivity contribution in [2.45, 2.75) is 32.6 Å². The van der Waals surface area contributed by atoms with Crippen LogP contribution in [-0.2, 0) is 0 Å². The van der Waals surface area contributed by atoms with E-state index in [1.165, 1.54) is 12.8 Å². The quantitative estimate of drug-likeness (QED) is 0.833. The molecule has 17 heavy (non-hydrogen) atoms. The van der Waals surface area contributed by atoms with Gasteiger partial charge < -0.3 is 5.32 Å². The smallest absolute Gasteiger partial charge is 0.252 e. The van der Waals surface area contributed by atoms with Crippen LogP contribution >= 0.6 is 22.9 Å². The Kier molecular flexibility index (Phi) is 4.10. The van der Waals surface area contributed by atoms with E-state index in [1.54, 1.807) is 11.3 Å². The van der Waals surface area contributed by atoms with E-state index >= 15 is 0 Å². The number of alkyl halides is 1. The van der Waals surface area contributed by atoms with Crippen molar-refractivity contribution in [3.63, 3.8) is 0 Å². The van der Waals surface area contributed by atoms with Gasteiger partial charge in [-0.1, -0.05) is 12.8 Å². The molecule has 1 N–H and O–H groups in total. The van der Waals surface area contributed by atoms with Crippen LogP contribution in [0.5, 0.6) is 0 Å². The number of halogens is 1. The minimum Gasteiger partial charge on any atom is -0.351 e. The van der Waals surface area contributed by atoms with E-state index < -0.39 is 0 Å². The lowest BCUT2D eigenvalue weighted by molar-refractivity contribution is 0.0935. The molecule has 1 fully saturated rings. The third-order valence-corrected chi connectivity index (χ3v) is 5.10. The molecule has 1 amide bonds. The topological polar surface area (TPSA) is 29.1 Å². The van der Waals surface area contributed by atoms with Crippen molar-refractivity contribution in [3.8, 4) is 0 Å². The van der Waals surface area contributed by atoms with E-state index in [-0.39, 0.29) is 11.3 Å². The van der Waals surface area contributed by atoms with E-state index in [1.807, 2.05) is 17.7 Å². The van der Waals surface area contributed by atoms with Crippen LogP contribution in [0.2, 0.25) is 0 Å². The van der Waals surface area contributed by atoms with Gasteiger partial charge in [-0.3, -0.25) is 4.79 Å². The molecule has 1 heterocycles. The van der Waals surface area contributed by atoms with Gasteiger partial charge in [-0.15, -0.1) is 11.6 Å². The minimum atomic E-state index is 0.0418. The molecule has 1 aromatic heterocycles. The fourth-order valence-electron chi connectivity index (χ4n) is 2.44. The van der Waals surface area contributed by atoms with Crippen molar-refractivity contribution < 1.29 is 4.79 Å². The van der Waals surface area contributed by atoms with Crippen molar-refractivity contribution in [1.29, 1.82) is 0 Å². The number of carbonyl (C=O) groups is 1. The highest BCUT2D eigenvalue weighted by atomic mass is 35.5. The van der Waals surface area contributed by atoms with Crippen LogP contribution < -0.4 is 5.32 Å². The summed E-state index contributed by atoms with van der Waals surface area (Å²) in [4.78, 5) is 12.0. The summed E-state index contributed by atoms with van der Waals surface area (Å²) in [6.45, 7) is 2.68. The molecule has 1 aliphatic rings. The van der Waals surface area contributed by atoms with Crippen LogP contribution in [0.3, 0.4) is 0 Å². The zero-order valence-electron chi connectivity index (χ0n) is 10.1. The van der Waals surface area contributed by atoms with Crippen LogP contribution in [-0.4, -0.2) is 18.3 Å². The molecule has 0 aromatic carbocycles. The Morgan fingerprint density at radius 3 is 2.71 bits per heavy atom. The lowest BCUT2D eigenvalue weighted by atomic mass is 9.88. The third kappa shape index (κ3) is 2.83. The molecule has 2 nitrogen and oxygen atoms in total. The second kappa shape index (κ2) is 5.40. The van der Waals surface area contributed by atoms with Gasteiger partial charge in [0.2, 0.25) is 0 Å². The molecule has 1 saturated carbocycles. The molecule has 94 valence electrons. The van der Waals surface area contributed by atoms with Gasteiger partial charge in [-0.2, -0.15) is 11.3 Å². The van der Waals surface area contributed by atoms with Gasteiger partial charge in [0.1, 0.15) is 0 Å². The Morgan fingerprint density at radius 1 is 1.47 bits per heavy atom. The highest BCUT2D eigenvalue weighted by molar-refractivity contribution is 7.08. The van der Waals surface area contributed by atoms with Crippen LogP contribution in [0.15, 0.2) is 10.8 Å². The molecule has 0 aliphatic heterocycles. The Labute approximate surface area is 111 Å². The lowest BCUT2D eigenvalue weighted by Gasteiger charge is -2.26. The largest absolute Gasteiger partial charge is 0.351 e. The first-order valence-corrected chi connectivity index (χ1v) is 7.52. The number of aryl methyl sites for hydroxylation is 1. The molecule has 0 spiro atoms. The molecule has 0 unspecified atom stereocenters. The predicted octanol–water partition coefficient (Wildman–Crippen LogP) is 3.59. The van der Waals surface area contributed by atoms with Crippen molar-refractivity contribution in [3.05, 3.63) is 21.9 Å². The van der Waals surface area contributed by atoms with Crippen molar-refractivity contribution >= 4 is 28.8 Å². The molecule has 4 heteroatoms. The molecule has 1 aromatic rings. The Balaban J connectivity index is 1.94. The number of hydrogen-bond donors (Lipinski definition) is 1. The van der Waals surface area contributed by atoms with Gasteiger partial charge in [0.15, 0.2) is 0 Å². The van der Waals surface area contributed by atoms with E-state index in [9.17, 15) is 4.79 Å². The number of hydrogen-bond acceptors (Lipinski definition) is 2. The van der Waals surface area contributed by atoms with Gasteiger partial charge in [0.25, 0.3) is 5.91 Å². The summed E-state index contributed by atoms with van der Waals surface area (Å²) in [6, 6.07) is 0. The van der Waals surface area contributed by atoms with E-state index in [2.05, 4.69) is 5.32 Å². The van der Waals surface area contributed by atoms with Gasteiger partial charge in [-0.05, 0) is 30.7 Å². The predicted molar refractivity (Wildman–Crippen MR) is 73.0 cm³/mol. The Morgan fingerprint density at radius 2 is 2.18 bits per heavy atom. The number of rotatable bonds is 4. The lowest BCUT2D eigenvalue weighted by Crippen LogP contribution is -2.37. The van der Waals surface area contributed by atoms with E-state index in [4.69, 9.17) is 11.6 Å². The van der Waals surface area contributed by atoms with Crippen LogP contribution in [0.25, 0.3) is 0 Å². The molecule has 0 saturated heterocycles. The molecule has 0 atom stereocenters. The molecule has 0 radical (unpaired) electrons. The monoisotopic (exact) mass is 271 g/mol. The number of amides is 1.